The molecular weight excluding hydrogens is 347 g/mol. The maximum absolute atomic E-state index is 13.5. The Bertz CT molecular complexity index is 809. The van der Waals surface area contributed by atoms with Crippen LogP contribution >= 0.6 is 0 Å². The van der Waals surface area contributed by atoms with Crippen LogP contribution in [0.5, 0.6) is 0 Å². The van der Waals surface area contributed by atoms with Crippen molar-refractivity contribution in [1.82, 2.24) is 9.80 Å². The molecule has 27 heavy (non-hydrogen) atoms. The summed E-state index contributed by atoms with van der Waals surface area (Å²) in [5, 5.41) is 0. The molecule has 0 atom stereocenters. The highest BCUT2D eigenvalue weighted by Crippen LogP contribution is 2.32. The number of likely N-dealkylation sites (tertiary alicyclic amines) is 1. The fourth-order valence-corrected chi connectivity index (χ4v) is 3.73. The van der Waals surface area contributed by atoms with Crippen LogP contribution in [0.2, 0.25) is 0 Å². The maximum Gasteiger partial charge on any atom is 0.289 e. The summed E-state index contributed by atoms with van der Waals surface area (Å²) in [6, 6.07) is 10.1. The number of carbonyl (C=O) groups is 2. The second-order valence-corrected chi connectivity index (χ2v) is 7.37. The van der Waals surface area contributed by atoms with Crippen molar-refractivity contribution < 1.29 is 18.4 Å². The lowest BCUT2D eigenvalue weighted by atomic mass is 9.94. The molecule has 2 aliphatic rings. The average molecular weight is 370 g/mol. The van der Waals surface area contributed by atoms with Crippen LogP contribution in [0.25, 0.3) is 0 Å². The van der Waals surface area contributed by atoms with Gasteiger partial charge in [-0.15, -0.1) is 0 Å². The molecule has 0 bridgehead atoms. The van der Waals surface area contributed by atoms with Gasteiger partial charge >= 0.3 is 0 Å². The quantitative estimate of drug-likeness (QED) is 0.810. The van der Waals surface area contributed by atoms with Gasteiger partial charge in [-0.3, -0.25) is 9.59 Å². The van der Waals surface area contributed by atoms with Crippen LogP contribution in [0.4, 0.5) is 4.39 Å². The summed E-state index contributed by atoms with van der Waals surface area (Å²) in [4.78, 5) is 29.1. The second-order valence-electron chi connectivity index (χ2n) is 7.37. The first kappa shape index (κ1) is 17.8. The molecule has 5 nitrogen and oxygen atoms in total. The minimum absolute atomic E-state index is 0.0835. The molecule has 2 fully saturated rings. The van der Waals surface area contributed by atoms with Crippen molar-refractivity contribution in [2.45, 2.75) is 38.3 Å². The Labute approximate surface area is 157 Å². The summed E-state index contributed by atoms with van der Waals surface area (Å²) in [6.07, 6.45) is 4.81. The highest BCUT2D eigenvalue weighted by Gasteiger charge is 2.37. The van der Waals surface area contributed by atoms with Crippen LogP contribution in [0.15, 0.2) is 47.1 Å². The van der Waals surface area contributed by atoms with E-state index in [2.05, 4.69) is 0 Å². The van der Waals surface area contributed by atoms with Crippen LogP contribution < -0.4 is 0 Å². The molecule has 1 aliphatic heterocycles. The van der Waals surface area contributed by atoms with Crippen LogP contribution in [0, 0.1) is 11.7 Å². The number of furan rings is 1. The molecule has 1 saturated carbocycles. The SMILES string of the molecule is O=C(c1ccco1)N1CCC(C(=O)N(Cc2cccc(F)c2)C2CC2)CC1. The lowest BCUT2D eigenvalue weighted by molar-refractivity contribution is -0.138. The van der Waals surface area contributed by atoms with E-state index in [1.54, 1.807) is 23.1 Å². The topological polar surface area (TPSA) is 53.8 Å². The van der Waals surface area contributed by atoms with Crippen LogP contribution in [0.3, 0.4) is 0 Å². The predicted octanol–water partition coefficient (Wildman–Crippen LogP) is 3.46. The van der Waals surface area contributed by atoms with Gasteiger partial charge in [0.25, 0.3) is 5.91 Å². The van der Waals surface area contributed by atoms with Gasteiger partial charge in [-0.1, -0.05) is 12.1 Å². The lowest BCUT2D eigenvalue weighted by Crippen LogP contribution is -2.44. The summed E-state index contributed by atoms with van der Waals surface area (Å²) in [5.41, 5.74) is 0.820. The number of rotatable bonds is 5. The van der Waals surface area contributed by atoms with E-state index in [4.69, 9.17) is 4.42 Å². The average Bonchev–Trinajstić information content (AvgIpc) is 3.38. The fourth-order valence-electron chi connectivity index (χ4n) is 3.73. The van der Waals surface area contributed by atoms with Gasteiger partial charge in [0, 0.05) is 31.6 Å². The van der Waals surface area contributed by atoms with E-state index in [0.717, 1.165) is 18.4 Å². The summed E-state index contributed by atoms with van der Waals surface area (Å²) >= 11 is 0. The third-order valence-corrected chi connectivity index (χ3v) is 5.38. The molecular formula is C21H23FN2O3. The van der Waals surface area contributed by atoms with E-state index in [-0.39, 0.29) is 29.6 Å². The van der Waals surface area contributed by atoms with Crippen molar-refractivity contribution in [1.29, 1.82) is 0 Å². The zero-order valence-electron chi connectivity index (χ0n) is 15.1. The Morgan fingerprint density at radius 1 is 1.11 bits per heavy atom. The van der Waals surface area contributed by atoms with E-state index < -0.39 is 0 Å². The Morgan fingerprint density at radius 2 is 1.89 bits per heavy atom. The Balaban J connectivity index is 1.38. The molecule has 6 heteroatoms. The zero-order chi connectivity index (χ0) is 18.8. The first-order valence-corrected chi connectivity index (χ1v) is 9.49. The number of benzene rings is 1. The molecule has 4 rings (SSSR count). The molecule has 0 unspecified atom stereocenters. The number of halogens is 1. The fraction of sp³-hybridized carbons (Fsp3) is 0.429. The van der Waals surface area contributed by atoms with E-state index in [0.29, 0.717) is 38.2 Å². The predicted molar refractivity (Wildman–Crippen MR) is 97.3 cm³/mol. The van der Waals surface area contributed by atoms with E-state index in [1.807, 2.05) is 11.0 Å². The van der Waals surface area contributed by atoms with Crippen LogP contribution in [-0.2, 0) is 11.3 Å². The molecule has 2 amide bonds. The molecule has 142 valence electrons. The molecule has 1 aliphatic carbocycles. The number of amides is 2. The third-order valence-electron chi connectivity index (χ3n) is 5.38. The van der Waals surface area contributed by atoms with Gasteiger partial charge in [0.2, 0.25) is 5.91 Å². The molecule has 1 aromatic heterocycles. The van der Waals surface area contributed by atoms with Crippen LogP contribution in [-0.4, -0.2) is 40.7 Å². The molecule has 1 saturated heterocycles. The number of hydrogen-bond donors (Lipinski definition) is 0. The van der Waals surface area contributed by atoms with Crippen molar-refractivity contribution in [2.75, 3.05) is 13.1 Å². The van der Waals surface area contributed by atoms with E-state index in [1.165, 1.54) is 18.4 Å². The van der Waals surface area contributed by atoms with Gasteiger partial charge in [0.1, 0.15) is 5.82 Å². The van der Waals surface area contributed by atoms with Gasteiger partial charge in [-0.05, 0) is 55.5 Å². The van der Waals surface area contributed by atoms with Gasteiger partial charge in [0.05, 0.1) is 6.26 Å². The maximum atomic E-state index is 13.5. The van der Waals surface area contributed by atoms with Crippen molar-refractivity contribution in [3.05, 3.63) is 59.8 Å². The third kappa shape index (κ3) is 4.04. The van der Waals surface area contributed by atoms with Crippen molar-refractivity contribution >= 4 is 11.8 Å². The molecule has 0 radical (unpaired) electrons. The molecule has 2 aromatic rings. The van der Waals surface area contributed by atoms with Crippen molar-refractivity contribution in [3.8, 4) is 0 Å². The normalized spacial score (nSPS) is 17.7. The number of piperidine rings is 1. The monoisotopic (exact) mass is 370 g/mol. The van der Waals surface area contributed by atoms with E-state index >= 15 is 0 Å². The molecule has 0 N–H and O–H groups in total. The number of nitrogens with zero attached hydrogens (tertiary/aromatic N) is 2. The lowest BCUT2D eigenvalue weighted by Gasteiger charge is -2.34. The molecule has 2 heterocycles. The molecule has 1 aromatic carbocycles. The summed E-state index contributed by atoms with van der Waals surface area (Å²) < 4.78 is 18.7. The second kappa shape index (κ2) is 7.55. The number of carbonyl (C=O) groups excluding carboxylic acids is 2. The van der Waals surface area contributed by atoms with E-state index in [9.17, 15) is 14.0 Å². The van der Waals surface area contributed by atoms with Crippen molar-refractivity contribution in [3.63, 3.8) is 0 Å². The summed E-state index contributed by atoms with van der Waals surface area (Å²) in [5.74, 6) is -0.0118. The number of hydrogen-bond acceptors (Lipinski definition) is 3. The minimum atomic E-state index is -0.277. The highest BCUT2D eigenvalue weighted by molar-refractivity contribution is 5.91. The largest absolute Gasteiger partial charge is 0.459 e. The Kier molecular flexibility index (Phi) is 4.97. The Hall–Kier alpha value is -2.63. The van der Waals surface area contributed by atoms with Gasteiger partial charge in [0.15, 0.2) is 5.76 Å². The first-order valence-electron chi connectivity index (χ1n) is 9.49. The first-order chi connectivity index (χ1) is 13.1. The highest BCUT2D eigenvalue weighted by atomic mass is 19.1. The van der Waals surface area contributed by atoms with Crippen LogP contribution in [0.1, 0.15) is 41.8 Å². The molecule has 0 spiro atoms. The Morgan fingerprint density at radius 3 is 2.52 bits per heavy atom. The standard InChI is InChI=1S/C21H23FN2O3/c22-17-4-1-3-15(13-17)14-24(18-6-7-18)20(25)16-8-10-23(11-9-16)21(26)19-5-2-12-27-19/h1-5,12-13,16,18H,6-11,14H2. The minimum Gasteiger partial charge on any atom is -0.459 e. The zero-order valence-corrected chi connectivity index (χ0v) is 15.1. The van der Waals surface area contributed by atoms with Gasteiger partial charge in [-0.25, -0.2) is 4.39 Å². The van der Waals surface area contributed by atoms with Crippen molar-refractivity contribution in [2.24, 2.45) is 5.92 Å². The smallest absolute Gasteiger partial charge is 0.289 e. The van der Waals surface area contributed by atoms with Gasteiger partial charge in [-0.2, -0.15) is 0 Å². The summed E-state index contributed by atoms with van der Waals surface area (Å²) in [7, 11) is 0. The van der Waals surface area contributed by atoms with Gasteiger partial charge < -0.3 is 14.2 Å². The summed E-state index contributed by atoms with van der Waals surface area (Å²) in [6.45, 7) is 1.55.